The van der Waals surface area contributed by atoms with Crippen LogP contribution in [0.4, 0.5) is 4.79 Å². The third kappa shape index (κ3) is 8.89. The van der Waals surface area contributed by atoms with Crippen molar-refractivity contribution in [3.63, 3.8) is 0 Å². The van der Waals surface area contributed by atoms with E-state index in [0.29, 0.717) is 24.8 Å². The zero-order chi connectivity index (χ0) is 17.9. The number of aliphatic hydroxyl groups is 1. The second-order valence-electron chi connectivity index (χ2n) is 7.06. The molecule has 0 aromatic heterocycles. The molecule has 0 spiro atoms. The highest BCUT2D eigenvalue weighted by Crippen LogP contribution is 2.09. The molecule has 1 amide bonds. The van der Waals surface area contributed by atoms with E-state index in [4.69, 9.17) is 4.74 Å². The number of carbonyl (C=O) groups excluding carboxylic acids is 1. The van der Waals surface area contributed by atoms with Crippen molar-refractivity contribution in [1.82, 2.24) is 10.6 Å². The SMILES string of the molecule is CC(C)CNC[C@@H](O)[C@H](CC(C)C)NC(=O)OCc1ccccc1. The smallest absolute Gasteiger partial charge is 0.407 e. The molecule has 0 heterocycles. The number of alkyl carbamates (subject to hydrolysis) is 1. The van der Waals surface area contributed by atoms with Gasteiger partial charge in [-0.2, -0.15) is 0 Å². The molecule has 0 bridgehead atoms. The maximum Gasteiger partial charge on any atom is 0.407 e. The fourth-order valence-corrected chi connectivity index (χ4v) is 2.40. The summed E-state index contributed by atoms with van der Waals surface area (Å²) in [6, 6.07) is 9.22. The number of hydrogen-bond acceptors (Lipinski definition) is 4. The number of ether oxygens (including phenoxy) is 1. The van der Waals surface area contributed by atoms with Crippen LogP contribution in [-0.2, 0) is 11.3 Å². The lowest BCUT2D eigenvalue weighted by atomic mass is 9.99. The Morgan fingerprint density at radius 3 is 2.33 bits per heavy atom. The van der Waals surface area contributed by atoms with Crippen LogP contribution in [0, 0.1) is 11.8 Å². The first-order valence-corrected chi connectivity index (χ1v) is 8.74. The van der Waals surface area contributed by atoms with E-state index >= 15 is 0 Å². The first-order valence-electron chi connectivity index (χ1n) is 8.74. The van der Waals surface area contributed by atoms with Crippen LogP contribution in [0.3, 0.4) is 0 Å². The average Bonchev–Trinajstić information content (AvgIpc) is 2.52. The summed E-state index contributed by atoms with van der Waals surface area (Å²) in [6.07, 6.45) is -0.437. The standard InChI is InChI=1S/C19H32N2O3/c1-14(2)10-17(18(22)12-20-11-15(3)4)21-19(23)24-13-16-8-6-5-7-9-16/h5-9,14-15,17-18,20,22H,10-13H2,1-4H3,(H,21,23)/t17-,18+/m0/s1. The zero-order valence-electron chi connectivity index (χ0n) is 15.3. The Morgan fingerprint density at radius 2 is 1.75 bits per heavy atom. The Labute approximate surface area is 145 Å². The Morgan fingerprint density at radius 1 is 1.08 bits per heavy atom. The fraction of sp³-hybridized carbons (Fsp3) is 0.632. The molecule has 3 N–H and O–H groups in total. The molecule has 0 radical (unpaired) electrons. The number of aliphatic hydroxyl groups excluding tert-OH is 1. The molecule has 0 fully saturated rings. The van der Waals surface area contributed by atoms with Crippen molar-refractivity contribution < 1.29 is 14.6 Å². The first-order chi connectivity index (χ1) is 11.4. The summed E-state index contributed by atoms with van der Waals surface area (Å²) < 4.78 is 5.25. The molecule has 136 valence electrons. The van der Waals surface area contributed by atoms with Crippen molar-refractivity contribution in [3.8, 4) is 0 Å². The number of nitrogens with one attached hydrogen (secondary N) is 2. The number of hydrogen-bond donors (Lipinski definition) is 3. The van der Waals surface area contributed by atoms with Gasteiger partial charge in [-0.1, -0.05) is 58.0 Å². The van der Waals surface area contributed by atoms with E-state index in [9.17, 15) is 9.90 Å². The van der Waals surface area contributed by atoms with Gasteiger partial charge in [0.05, 0.1) is 12.1 Å². The summed E-state index contributed by atoms with van der Waals surface area (Å²) in [4.78, 5) is 12.0. The number of benzene rings is 1. The predicted molar refractivity (Wildman–Crippen MR) is 96.7 cm³/mol. The molecule has 2 atom stereocenters. The van der Waals surface area contributed by atoms with E-state index < -0.39 is 12.2 Å². The van der Waals surface area contributed by atoms with Gasteiger partial charge >= 0.3 is 6.09 Å². The lowest BCUT2D eigenvalue weighted by molar-refractivity contribution is 0.0934. The van der Waals surface area contributed by atoms with Crippen LogP contribution in [0.15, 0.2) is 30.3 Å². The van der Waals surface area contributed by atoms with E-state index in [-0.39, 0.29) is 12.6 Å². The van der Waals surface area contributed by atoms with Gasteiger partial charge in [0.25, 0.3) is 0 Å². The number of amides is 1. The summed E-state index contributed by atoms with van der Waals surface area (Å²) in [7, 11) is 0. The van der Waals surface area contributed by atoms with Gasteiger partial charge in [0.2, 0.25) is 0 Å². The van der Waals surface area contributed by atoms with Gasteiger partial charge in [-0.3, -0.25) is 0 Å². The van der Waals surface area contributed by atoms with Gasteiger partial charge < -0.3 is 20.5 Å². The molecule has 0 saturated heterocycles. The summed E-state index contributed by atoms with van der Waals surface area (Å²) in [5.41, 5.74) is 0.937. The van der Waals surface area contributed by atoms with E-state index in [1.165, 1.54) is 0 Å². The van der Waals surface area contributed by atoms with Crippen LogP contribution < -0.4 is 10.6 Å². The maximum absolute atomic E-state index is 12.0. The second-order valence-corrected chi connectivity index (χ2v) is 7.06. The molecule has 0 aliphatic carbocycles. The normalized spacial score (nSPS) is 13.8. The molecule has 5 nitrogen and oxygen atoms in total. The van der Waals surface area contributed by atoms with Crippen molar-refractivity contribution in [1.29, 1.82) is 0 Å². The van der Waals surface area contributed by atoms with Gasteiger partial charge in [-0.25, -0.2) is 4.79 Å². The molecular formula is C19H32N2O3. The van der Waals surface area contributed by atoms with Gasteiger partial charge in [0, 0.05) is 6.54 Å². The van der Waals surface area contributed by atoms with E-state index in [0.717, 1.165) is 12.1 Å². The van der Waals surface area contributed by atoms with Crippen LogP contribution in [0.5, 0.6) is 0 Å². The zero-order valence-corrected chi connectivity index (χ0v) is 15.3. The minimum atomic E-state index is -0.643. The van der Waals surface area contributed by atoms with Crippen LogP contribution >= 0.6 is 0 Å². The molecule has 0 aliphatic heterocycles. The van der Waals surface area contributed by atoms with E-state index in [1.807, 2.05) is 30.3 Å². The predicted octanol–water partition coefficient (Wildman–Crippen LogP) is 2.93. The lowest BCUT2D eigenvalue weighted by Gasteiger charge is -2.26. The Bertz CT molecular complexity index is 463. The summed E-state index contributed by atoms with van der Waals surface area (Å²) in [6.45, 7) is 9.88. The van der Waals surface area contributed by atoms with Crippen molar-refractivity contribution in [2.45, 2.75) is 52.9 Å². The van der Waals surface area contributed by atoms with Crippen LogP contribution in [0.1, 0.15) is 39.7 Å². The highest BCUT2D eigenvalue weighted by Gasteiger charge is 2.22. The van der Waals surface area contributed by atoms with Crippen molar-refractivity contribution >= 4 is 6.09 Å². The molecular weight excluding hydrogens is 304 g/mol. The van der Waals surface area contributed by atoms with Gasteiger partial charge in [-0.05, 0) is 30.4 Å². The van der Waals surface area contributed by atoms with Crippen LogP contribution in [0.25, 0.3) is 0 Å². The lowest BCUT2D eigenvalue weighted by Crippen LogP contribution is -2.48. The third-order valence-electron chi connectivity index (χ3n) is 3.61. The highest BCUT2D eigenvalue weighted by molar-refractivity contribution is 5.67. The minimum absolute atomic E-state index is 0.225. The molecule has 0 aliphatic rings. The third-order valence-corrected chi connectivity index (χ3v) is 3.61. The topological polar surface area (TPSA) is 70.6 Å². The minimum Gasteiger partial charge on any atom is -0.445 e. The molecule has 5 heteroatoms. The van der Waals surface area contributed by atoms with Crippen LogP contribution in [0.2, 0.25) is 0 Å². The Hall–Kier alpha value is -1.59. The molecule has 1 aromatic rings. The summed E-state index contributed by atoms with van der Waals surface area (Å²) in [5.74, 6) is 0.883. The highest BCUT2D eigenvalue weighted by atomic mass is 16.5. The summed E-state index contributed by atoms with van der Waals surface area (Å²) in [5, 5.41) is 16.4. The largest absolute Gasteiger partial charge is 0.445 e. The molecule has 1 aromatic carbocycles. The molecule has 24 heavy (non-hydrogen) atoms. The van der Waals surface area contributed by atoms with Crippen LogP contribution in [-0.4, -0.2) is 36.4 Å². The number of carbonyl (C=O) groups is 1. The Balaban J connectivity index is 2.46. The van der Waals surface area contributed by atoms with Crippen molar-refractivity contribution in [2.75, 3.05) is 13.1 Å². The van der Waals surface area contributed by atoms with E-state index in [2.05, 4.69) is 38.3 Å². The van der Waals surface area contributed by atoms with Crippen molar-refractivity contribution in [2.24, 2.45) is 11.8 Å². The molecule has 0 unspecified atom stereocenters. The quantitative estimate of drug-likeness (QED) is 0.614. The van der Waals surface area contributed by atoms with Gasteiger partial charge in [-0.15, -0.1) is 0 Å². The monoisotopic (exact) mass is 336 g/mol. The molecule has 1 rings (SSSR count). The Kier molecular flexibility index (Phi) is 9.42. The maximum atomic E-state index is 12.0. The fourth-order valence-electron chi connectivity index (χ4n) is 2.40. The van der Waals surface area contributed by atoms with Gasteiger partial charge in [0.15, 0.2) is 0 Å². The second kappa shape index (κ2) is 11.0. The first kappa shape index (κ1) is 20.5. The summed E-state index contributed by atoms with van der Waals surface area (Å²) >= 11 is 0. The molecule has 0 saturated carbocycles. The number of rotatable bonds is 10. The van der Waals surface area contributed by atoms with Gasteiger partial charge in [0.1, 0.15) is 6.61 Å². The van der Waals surface area contributed by atoms with Crippen molar-refractivity contribution in [3.05, 3.63) is 35.9 Å². The average molecular weight is 336 g/mol. The van der Waals surface area contributed by atoms with E-state index in [1.54, 1.807) is 0 Å².